The summed E-state index contributed by atoms with van der Waals surface area (Å²) in [7, 11) is 0. The van der Waals surface area contributed by atoms with Crippen molar-refractivity contribution in [1.82, 2.24) is 10.6 Å². The Bertz CT molecular complexity index is 274. The number of amides is 2. The maximum absolute atomic E-state index is 11.4. The van der Waals surface area contributed by atoms with Crippen LogP contribution in [0.15, 0.2) is 12.2 Å². The molecule has 0 aliphatic rings. The van der Waals surface area contributed by atoms with Gasteiger partial charge in [0.05, 0.1) is 0 Å². The Morgan fingerprint density at radius 1 is 1.38 bits per heavy atom. The second-order valence-electron chi connectivity index (χ2n) is 3.99. The molecule has 0 heterocycles. The molecule has 16 heavy (non-hydrogen) atoms. The Labute approximate surface area is 95.9 Å². The number of carboxylic acid groups (broad SMARTS) is 1. The van der Waals surface area contributed by atoms with E-state index in [1.54, 1.807) is 13.8 Å². The first-order valence-electron chi connectivity index (χ1n) is 5.32. The van der Waals surface area contributed by atoms with Gasteiger partial charge in [0, 0.05) is 6.54 Å². The van der Waals surface area contributed by atoms with Crippen molar-refractivity contribution in [3.05, 3.63) is 12.2 Å². The molecular formula is C11H20N2O3. The quantitative estimate of drug-likeness (QED) is 0.601. The molecule has 0 bridgehead atoms. The fraction of sp³-hybridized carbons (Fsp3) is 0.636. The molecule has 0 aliphatic heterocycles. The van der Waals surface area contributed by atoms with Crippen molar-refractivity contribution >= 4 is 12.0 Å². The monoisotopic (exact) mass is 228 g/mol. The molecule has 0 aromatic rings. The first-order valence-corrected chi connectivity index (χ1v) is 5.32. The zero-order valence-corrected chi connectivity index (χ0v) is 10.0. The summed E-state index contributed by atoms with van der Waals surface area (Å²) in [6.07, 6.45) is 0.785. The molecule has 0 fully saturated rings. The zero-order chi connectivity index (χ0) is 12.7. The summed E-state index contributed by atoms with van der Waals surface area (Å²) in [6, 6.07) is -1.34. The number of nitrogens with one attached hydrogen (secondary N) is 2. The van der Waals surface area contributed by atoms with E-state index in [1.165, 1.54) is 0 Å². The lowest BCUT2D eigenvalue weighted by atomic mass is 10.1. The standard InChI is InChI=1S/C11H20N2O3/c1-5-8(4)6-12-11(16)13-9(7(2)3)10(14)15/h7,9H,4-6H2,1-3H3,(H,14,15)(H2,12,13,16). The van der Waals surface area contributed by atoms with Gasteiger partial charge in [-0.3, -0.25) is 0 Å². The van der Waals surface area contributed by atoms with E-state index >= 15 is 0 Å². The molecule has 5 nitrogen and oxygen atoms in total. The van der Waals surface area contributed by atoms with Gasteiger partial charge in [-0.05, 0) is 12.3 Å². The van der Waals surface area contributed by atoms with E-state index < -0.39 is 18.0 Å². The van der Waals surface area contributed by atoms with Crippen LogP contribution in [0.3, 0.4) is 0 Å². The first kappa shape index (κ1) is 14.5. The Morgan fingerprint density at radius 2 is 1.94 bits per heavy atom. The molecule has 92 valence electrons. The van der Waals surface area contributed by atoms with Gasteiger partial charge in [-0.2, -0.15) is 0 Å². The summed E-state index contributed by atoms with van der Waals surface area (Å²) < 4.78 is 0. The first-order chi connectivity index (χ1) is 7.38. The normalized spacial score (nSPS) is 12.0. The summed E-state index contributed by atoms with van der Waals surface area (Å²) in [6.45, 7) is 9.52. The smallest absolute Gasteiger partial charge is 0.326 e. The summed E-state index contributed by atoms with van der Waals surface area (Å²) in [5.74, 6) is -1.18. The third kappa shape index (κ3) is 5.38. The number of urea groups is 1. The molecular weight excluding hydrogens is 208 g/mol. The maximum atomic E-state index is 11.4. The number of rotatable bonds is 6. The van der Waals surface area contributed by atoms with Crippen LogP contribution in [0.25, 0.3) is 0 Å². The van der Waals surface area contributed by atoms with Gasteiger partial charge in [0.25, 0.3) is 0 Å². The summed E-state index contributed by atoms with van der Waals surface area (Å²) >= 11 is 0. The number of carboxylic acids is 1. The van der Waals surface area contributed by atoms with Crippen LogP contribution in [0, 0.1) is 5.92 Å². The van der Waals surface area contributed by atoms with Crippen LogP contribution in [0.1, 0.15) is 27.2 Å². The Hall–Kier alpha value is -1.52. The molecule has 2 amide bonds. The number of hydrogen-bond donors (Lipinski definition) is 3. The van der Waals surface area contributed by atoms with Gasteiger partial charge >= 0.3 is 12.0 Å². The highest BCUT2D eigenvalue weighted by atomic mass is 16.4. The summed E-state index contributed by atoms with van der Waals surface area (Å²) in [4.78, 5) is 22.2. The molecule has 0 rings (SSSR count). The molecule has 0 saturated heterocycles. The van der Waals surface area contributed by atoms with Crippen molar-refractivity contribution in [1.29, 1.82) is 0 Å². The topological polar surface area (TPSA) is 78.4 Å². The lowest BCUT2D eigenvalue weighted by molar-refractivity contribution is -0.140. The van der Waals surface area contributed by atoms with Crippen molar-refractivity contribution in [2.75, 3.05) is 6.54 Å². The van der Waals surface area contributed by atoms with Crippen molar-refractivity contribution in [2.24, 2.45) is 5.92 Å². The third-order valence-electron chi connectivity index (χ3n) is 2.22. The predicted octanol–water partition coefficient (Wildman–Crippen LogP) is 1.36. The van der Waals surface area contributed by atoms with Crippen LogP contribution in [-0.2, 0) is 4.79 Å². The SMILES string of the molecule is C=C(CC)CNC(=O)NC(C(=O)O)C(C)C. The van der Waals surface area contributed by atoms with Gasteiger partial charge in [-0.1, -0.05) is 32.9 Å². The van der Waals surface area contributed by atoms with E-state index in [-0.39, 0.29) is 5.92 Å². The molecule has 0 aliphatic carbocycles. The van der Waals surface area contributed by atoms with Gasteiger partial charge in [0.2, 0.25) is 0 Å². The molecule has 5 heteroatoms. The Balaban J connectivity index is 4.11. The van der Waals surface area contributed by atoms with Crippen molar-refractivity contribution in [3.63, 3.8) is 0 Å². The van der Waals surface area contributed by atoms with E-state index in [9.17, 15) is 9.59 Å². The van der Waals surface area contributed by atoms with E-state index in [2.05, 4.69) is 17.2 Å². The van der Waals surface area contributed by atoms with E-state index in [0.717, 1.165) is 12.0 Å². The van der Waals surface area contributed by atoms with Gasteiger partial charge in [0.1, 0.15) is 6.04 Å². The molecule has 0 radical (unpaired) electrons. The van der Waals surface area contributed by atoms with Crippen LogP contribution < -0.4 is 10.6 Å². The van der Waals surface area contributed by atoms with Crippen LogP contribution in [-0.4, -0.2) is 29.7 Å². The lowest BCUT2D eigenvalue weighted by Crippen LogP contribution is -2.48. The minimum absolute atomic E-state index is 0.155. The lowest BCUT2D eigenvalue weighted by Gasteiger charge is -2.18. The fourth-order valence-electron chi connectivity index (χ4n) is 1.04. The number of hydrogen-bond acceptors (Lipinski definition) is 2. The maximum Gasteiger partial charge on any atom is 0.326 e. The minimum atomic E-state index is -1.03. The largest absolute Gasteiger partial charge is 0.480 e. The summed E-state index contributed by atoms with van der Waals surface area (Å²) in [5, 5.41) is 13.8. The molecule has 0 saturated carbocycles. The van der Waals surface area contributed by atoms with E-state index in [4.69, 9.17) is 5.11 Å². The Morgan fingerprint density at radius 3 is 2.31 bits per heavy atom. The zero-order valence-electron chi connectivity index (χ0n) is 10.0. The van der Waals surface area contributed by atoms with Crippen LogP contribution >= 0.6 is 0 Å². The van der Waals surface area contributed by atoms with Crippen LogP contribution in [0.5, 0.6) is 0 Å². The average molecular weight is 228 g/mol. The predicted molar refractivity (Wildman–Crippen MR) is 62.2 cm³/mol. The average Bonchev–Trinajstić information content (AvgIpc) is 2.21. The highest BCUT2D eigenvalue weighted by Crippen LogP contribution is 2.01. The number of carbonyl (C=O) groups is 2. The van der Waals surface area contributed by atoms with Crippen molar-refractivity contribution in [2.45, 2.75) is 33.2 Å². The highest BCUT2D eigenvalue weighted by molar-refractivity contribution is 5.82. The number of carbonyl (C=O) groups excluding carboxylic acids is 1. The van der Waals surface area contributed by atoms with Gasteiger partial charge in [-0.15, -0.1) is 0 Å². The van der Waals surface area contributed by atoms with Gasteiger partial charge in [-0.25, -0.2) is 9.59 Å². The van der Waals surface area contributed by atoms with Gasteiger partial charge < -0.3 is 15.7 Å². The van der Waals surface area contributed by atoms with E-state index in [0.29, 0.717) is 6.54 Å². The fourth-order valence-corrected chi connectivity index (χ4v) is 1.04. The highest BCUT2D eigenvalue weighted by Gasteiger charge is 2.22. The number of aliphatic carboxylic acids is 1. The minimum Gasteiger partial charge on any atom is -0.480 e. The molecule has 1 unspecified atom stereocenters. The molecule has 0 aromatic heterocycles. The Kier molecular flexibility index (Phi) is 6.22. The molecule has 0 spiro atoms. The van der Waals surface area contributed by atoms with Gasteiger partial charge in [0.15, 0.2) is 0 Å². The second kappa shape index (κ2) is 6.87. The summed E-state index contributed by atoms with van der Waals surface area (Å²) in [5.41, 5.74) is 0.895. The third-order valence-corrected chi connectivity index (χ3v) is 2.22. The second-order valence-corrected chi connectivity index (χ2v) is 3.99. The molecule has 3 N–H and O–H groups in total. The van der Waals surface area contributed by atoms with E-state index in [1.807, 2.05) is 6.92 Å². The van der Waals surface area contributed by atoms with Crippen LogP contribution in [0.4, 0.5) is 4.79 Å². The molecule has 1 atom stereocenters. The molecule has 0 aromatic carbocycles. The van der Waals surface area contributed by atoms with Crippen molar-refractivity contribution < 1.29 is 14.7 Å². The van der Waals surface area contributed by atoms with Crippen LogP contribution in [0.2, 0.25) is 0 Å². The van der Waals surface area contributed by atoms with Crippen molar-refractivity contribution in [3.8, 4) is 0 Å².